The standard InChI is InChI=1S/C22H24Cl3N5O/c1-3-29-11-6-12-30(14-13-29)21-27-19(26-20(28-21)22(23,24)25)17-9-10-18(31-2)16-8-5-4-7-15(16)17/h4-5,7-10H,3,6,11-14H2,1-2H3. The van der Waals surface area contributed by atoms with Gasteiger partial charge in [-0.2, -0.15) is 9.97 Å². The molecule has 31 heavy (non-hydrogen) atoms. The van der Waals surface area contributed by atoms with E-state index < -0.39 is 3.79 Å². The van der Waals surface area contributed by atoms with Crippen molar-refractivity contribution < 1.29 is 4.74 Å². The van der Waals surface area contributed by atoms with E-state index in [1.807, 2.05) is 36.4 Å². The lowest BCUT2D eigenvalue weighted by Crippen LogP contribution is -2.32. The molecule has 0 amide bonds. The van der Waals surface area contributed by atoms with Gasteiger partial charge in [0.25, 0.3) is 0 Å². The van der Waals surface area contributed by atoms with E-state index >= 15 is 0 Å². The van der Waals surface area contributed by atoms with Gasteiger partial charge in [-0.05, 0) is 37.0 Å². The van der Waals surface area contributed by atoms with Gasteiger partial charge in [0, 0.05) is 30.6 Å². The van der Waals surface area contributed by atoms with Crippen molar-refractivity contribution in [3.8, 4) is 17.1 Å². The normalized spacial score (nSPS) is 15.8. The van der Waals surface area contributed by atoms with E-state index in [9.17, 15) is 0 Å². The molecule has 1 fully saturated rings. The molecule has 1 saturated heterocycles. The van der Waals surface area contributed by atoms with Crippen molar-refractivity contribution in [2.75, 3.05) is 44.7 Å². The highest BCUT2D eigenvalue weighted by Crippen LogP contribution is 2.39. The number of nitrogens with zero attached hydrogens (tertiary/aromatic N) is 5. The van der Waals surface area contributed by atoms with Gasteiger partial charge < -0.3 is 14.5 Å². The number of halogens is 3. The number of hydrogen-bond donors (Lipinski definition) is 0. The smallest absolute Gasteiger partial charge is 0.250 e. The fraction of sp³-hybridized carbons (Fsp3) is 0.409. The largest absolute Gasteiger partial charge is 0.496 e. The van der Waals surface area contributed by atoms with Crippen molar-refractivity contribution in [3.63, 3.8) is 0 Å². The van der Waals surface area contributed by atoms with Crippen LogP contribution >= 0.6 is 34.8 Å². The Morgan fingerprint density at radius 3 is 2.42 bits per heavy atom. The minimum atomic E-state index is -1.75. The van der Waals surface area contributed by atoms with Crippen LogP contribution in [-0.2, 0) is 3.79 Å². The third kappa shape index (κ3) is 4.82. The fourth-order valence-electron chi connectivity index (χ4n) is 3.88. The van der Waals surface area contributed by atoms with Gasteiger partial charge in [-0.1, -0.05) is 66.0 Å². The van der Waals surface area contributed by atoms with Gasteiger partial charge in [-0.25, -0.2) is 4.98 Å². The molecule has 0 unspecified atom stereocenters. The molecular weight excluding hydrogens is 457 g/mol. The highest BCUT2D eigenvalue weighted by Gasteiger charge is 2.30. The number of likely N-dealkylation sites (N-methyl/N-ethyl adjacent to an activating group) is 1. The summed E-state index contributed by atoms with van der Waals surface area (Å²) in [6.07, 6.45) is 1.02. The predicted octanol–water partition coefficient (Wildman–Crippen LogP) is 5.06. The third-order valence-electron chi connectivity index (χ3n) is 5.54. The fourth-order valence-corrected chi connectivity index (χ4v) is 4.14. The van der Waals surface area contributed by atoms with E-state index in [2.05, 4.69) is 26.7 Å². The average molecular weight is 481 g/mol. The van der Waals surface area contributed by atoms with Crippen molar-refractivity contribution in [2.45, 2.75) is 17.1 Å². The number of fused-ring (bicyclic) bond motifs is 1. The van der Waals surface area contributed by atoms with E-state index in [-0.39, 0.29) is 5.82 Å². The average Bonchev–Trinajstić information content (AvgIpc) is 3.03. The Kier molecular flexibility index (Phi) is 6.72. The Bertz CT molecular complexity index is 1070. The minimum absolute atomic E-state index is 0.119. The van der Waals surface area contributed by atoms with Crippen LogP contribution < -0.4 is 9.64 Å². The molecule has 0 bridgehead atoms. The van der Waals surface area contributed by atoms with Crippen molar-refractivity contribution in [1.29, 1.82) is 0 Å². The summed E-state index contributed by atoms with van der Waals surface area (Å²) in [6.45, 7) is 6.82. The lowest BCUT2D eigenvalue weighted by molar-refractivity contribution is 0.310. The van der Waals surface area contributed by atoms with E-state index in [0.717, 1.165) is 61.2 Å². The van der Waals surface area contributed by atoms with E-state index in [0.29, 0.717) is 11.8 Å². The molecule has 2 heterocycles. The highest BCUT2D eigenvalue weighted by molar-refractivity contribution is 6.66. The van der Waals surface area contributed by atoms with E-state index in [1.54, 1.807) is 7.11 Å². The summed E-state index contributed by atoms with van der Waals surface area (Å²) in [5, 5.41) is 1.93. The Balaban J connectivity index is 1.84. The first-order valence-corrected chi connectivity index (χ1v) is 11.4. The van der Waals surface area contributed by atoms with E-state index in [1.165, 1.54) is 0 Å². The third-order valence-corrected chi connectivity index (χ3v) is 6.05. The quantitative estimate of drug-likeness (QED) is 0.487. The minimum Gasteiger partial charge on any atom is -0.496 e. The Hall–Kier alpha value is -1.86. The maximum absolute atomic E-state index is 6.20. The summed E-state index contributed by atoms with van der Waals surface area (Å²) in [6, 6.07) is 11.8. The molecule has 4 rings (SSSR count). The van der Waals surface area contributed by atoms with Crippen LogP contribution in [-0.4, -0.2) is 59.7 Å². The van der Waals surface area contributed by atoms with Crippen molar-refractivity contribution in [2.24, 2.45) is 0 Å². The van der Waals surface area contributed by atoms with Gasteiger partial charge in [0.05, 0.1) is 7.11 Å². The molecule has 0 radical (unpaired) electrons. The van der Waals surface area contributed by atoms with E-state index in [4.69, 9.17) is 44.5 Å². The number of methoxy groups -OCH3 is 1. The van der Waals surface area contributed by atoms with Crippen LogP contribution in [0.1, 0.15) is 19.2 Å². The van der Waals surface area contributed by atoms with Crippen LogP contribution in [0.5, 0.6) is 5.75 Å². The summed E-state index contributed by atoms with van der Waals surface area (Å²) in [5.41, 5.74) is 0.834. The summed E-state index contributed by atoms with van der Waals surface area (Å²) in [7, 11) is 1.66. The number of anilines is 1. The van der Waals surface area contributed by atoms with Gasteiger partial charge >= 0.3 is 0 Å². The molecule has 1 aliphatic rings. The molecule has 164 valence electrons. The van der Waals surface area contributed by atoms with Gasteiger partial charge in [0.2, 0.25) is 9.74 Å². The van der Waals surface area contributed by atoms with Gasteiger partial charge in [-0.3, -0.25) is 0 Å². The number of ether oxygens (including phenoxy) is 1. The molecule has 0 aliphatic carbocycles. The highest BCUT2D eigenvalue weighted by atomic mass is 35.6. The number of alkyl halides is 3. The zero-order chi connectivity index (χ0) is 22.0. The molecule has 0 spiro atoms. The topological polar surface area (TPSA) is 54.4 Å². The first-order chi connectivity index (χ1) is 14.9. The van der Waals surface area contributed by atoms with Crippen LogP contribution in [0.2, 0.25) is 0 Å². The zero-order valence-electron chi connectivity index (χ0n) is 17.5. The van der Waals surface area contributed by atoms with Crippen molar-refractivity contribution >= 4 is 51.5 Å². The summed E-state index contributed by atoms with van der Waals surface area (Å²) in [4.78, 5) is 18.4. The molecule has 0 atom stereocenters. The predicted molar refractivity (Wildman–Crippen MR) is 128 cm³/mol. The number of aromatic nitrogens is 3. The first-order valence-electron chi connectivity index (χ1n) is 10.3. The molecule has 1 aliphatic heterocycles. The van der Waals surface area contributed by atoms with Crippen molar-refractivity contribution in [1.82, 2.24) is 19.9 Å². The first kappa shape index (κ1) is 22.3. The van der Waals surface area contributed by atoms with Crippen LogP contribution in [0.4, 0.5) is 5.95 Å². The van der Waals surface area contributed by atoms with Crippen molar-refractivity contribution in [3.05, 3.63) is 42.2 Å². The summed E-state index contributed by atoms with van der Waals surface area (Å²) < 4.78 is 3.77. The second-order valence-corrected chi connectivity index (χ2v) is 9.70. The Labute approximate surface area is 197 Å². The molecule has 2 aromatic carbocycles. The van der Waals surface area contributed by atoms with Crippen LogP contribution in [0.25, 0.3) is 22.2 Å². The lowest BCUT2D eigenvalue weighted by atomic mass is 10.0. The molecule has 9 heteroatoms. The summed E-state index contributed by atoms with van der Waals surface area (Å²) >= 11 is 18.6. The Morgan fingerprint density at radius 2 is 1.71 bits per heavy atom. The Morgan fingerprint density at radius 1 is 0.935 bits per heavy atom. The molecular formula is C22H24Cl3N5O. The van der Waals surface area contributed by atoms with Crippen LogP contribution in [0.3, 0.4) is 0 Å². The maximum Gasteiger partial charge on any atom is 0.250 e. The van der Waals surface area contributed by atoms with Gasteiger partial charge in [-0.15, -0.1) is 0 Å². The van der Waals surface area contributed by atoms with Crippen LogP contribution in [0, 0.1) is 0 Å². The molecule has 6 nitrogen and oxygen atoms in total. The molecule has 0 N–H and O–H groups in total. The zero-order valence-corrected chi connectivity index (χ0v) is 19.8. The lowest BCUT2D eigenvalue weighted by Gasteiger charge is -2.23. The van der Waals surface area contributed by atoms with Crippen LogP contribution in [0.15, 0.2) is 36.4 Å². The second kappa shape index (κ2) is 9.33. The molecule has 0 saturated carbocycles. The monoisotopic (exact) mass is 479 g/mol. The second-order valence-electron chi connectivity index (χ2n) is 7.42. The SMILES string of the molecule is CCN1CCCN(c2nc(-c3ccc(OC)c4ccccc34)nc(C(Cl)(Cl)Cl)n2)CC1. The maximum atomic E-state index is 6.20. The molecule has 3 aromatic rings. The summed E-state index contributed by atoms with van der Waals surface area (Å²) in [5.74, 6) is 1.90. The van der Waals surface area contributed by atoms with Gasteiger partial charge in [0.15, 0.2) is 11.6 Å². The number of benzene rings is 2. The van der Waals surface area contributed by atoms with Gasteiger partial charge in [0.1, 0.15) is 5.75 Å². The number of hydrogen-bond acceptors (Lipinski definition) is 6. The molecule has 1 aromatic heterocycles. The number of rotatable bonds is 4.